The van der Waals surface area contributed by atoms with Crippen LogP contribution in [0.3, 0.4) is 0 Å². The smallest absolute Gasteiger partial charge is 0.262 e. The lowest BCUT2D eigenvalue weighted by atomic mass is 10.1. The number of alkyl halides is 1. The molecule has 2 aromatic heterocycles. The van der Waals surface area contributed by atoms with Gasteiger partial charge in [-0.1, -0.05) is 40.8 Å². The van der Waals surface area contributed by atoms with Crippen LogP contribution in [0.4, 0.5) is 11.6 Å². The number of hydrogen-bond acceptors (Lipinski definition) is 5. The molecule has 0 bridgehead atoms. The summed E-state index contributed by atoms with van der Waals surface area (Å²) >= 11 is 2.23. The number of nitrogen functional groups attached to an aromatic ring is 1. The molecule has 2 amide bonds. The topological polar surface area (TPSA) is 139 Å². The van der Waals surface area contributed by atoms with Crippen molar-refractivity contribution in [1.82, 2.24) is 14.8 Å². The summed E-state index contributed by atoms with van der Waals surface area (Å²) in [5, 5.41) is 16.9. The summed E-state index contributed by atoms with van der Waals surface area (Å²) < 4.78 is 2.23. The van der Waals surface area contributed by atoms with Gasteiger partial charge in [-0.25, -0.2) is 4.98 Å². The summed E-state index contributed by atoms with van der Waals surface area (Å²) in [6.45, 7) is 0. The van der Waals surface area contributed by atoms with Crippen LogP contribution in [-0.2, 0) is 11.5 Å². The predicted molar refractivity (Wildman–Crippen MR) is 119 cm³/mol. The number of amides is 2. The zero-order valence-corrected chi connectivity index (χ0v) is 17.6. The number of carbonyl (C=O) groups is 2. The van der Waals surface area contributed by atoms with E-state index in [2.05, 4.69) is 43.3 Å². The summed E-state index contributed by atoms with van der Waals surface area (Å²) in [5.74, 6) is -0.267. The van der Waals surface area contributed by atoms with Crippen molar-refractivity contribution in [1.29, 1.82) is 5.41 Å². The Morgan fingerprint density at radius 3 is 2.34 bits per heavy atom. The molecule has 0 fully saturated rings. The zero-order valence-electron chi connectivity index (χ0n) is 15.4. The van der Waals surface area contributed by atoms with Crippen LogP contribution in [0.2, 0.25) is 0 Å². The van der Waals surface area contributed by atoms with E-state index in [1.165, 1.54) is 10.9 Å². The number of nitrogens with zero attached hydrogens (tertiary/aromatic N) is 3. The lowest BCUT2D eigenvalue weighted by molar-refractivity contribution is 0.102. The first-order valence-electron chi connectivity index (χ1n) is 8.49. The molecule has 0 saturated carbocycles. The molecule has 0 spiro atoms. The van der Waals surface area contributed by atoms with Crippen LogP contribution < -0.4 is 16.4 Å². The normalized spacial score (nSPS) is 10.4. The maximum Gasteiger partial charge on any atom is 0.262 e. The molecule has 0 aliphatic rings. The maximum absolute atomic E-state index is 12.6. The summed E-state index contributed by atoms with van der Waals surface area (Å²) in [6, 6.07) is 9.88. The van der Waals surface area contributed by atoms with Crippen molar-refractivity contribution in [3.8, 4) is 0 Å². The maximum atomic E-state index is 12.6. The number of nitrogens with one attached hydrogen (secondary N) is 3. The van der Waals surface area contributed by atoms with E-state index in [0.29, 0.717) is 16.9 Å². The highest BCUT2D eigenvalue weighted by molar-refractivity contribution is 14.1. The third kappa shape index (κ3) is 4.77. The highest BCUT2D eigenvalue weighted by Crippen LogP contribution is 2.18. The van der Waals surface area contributed by atoms with Gasteiger partial charge < -0.3 is 16.4 Å². The fourth-order valence-electron chi connectivity index (χ4n) is 2.49. The van der Waals surface area contributed by atoms with Gasteiger partial charge in [0.05, 0.1) is 6.20 Å². The second kappa shape index (κ2) is 8.82. The molecule has 0 aliphatic heterocycles. The van der Waals surface area contributed by atoms with Gasteiger partial charge in [0.25, 0.3) is 11.8 Å². The molecule has 10 heteroatoms. The first-order chi connectivity index (χ1) is 13.9. The largest absolute Gasteiger partial charge is 0.384 e. The molecule has 0 aliphatic carbocycles. The van der Waals surface area contributed by atoms with E-state index in [-0.39, 0.29) is 17.2 Å². The number of halogens is 1. The minimum Gasteiger partial charge on any atom is -0.384 e. The molecule has 3 aromatic rings. The number of aryl methyl sites for hydroxylation is 1. The molecule has 0 radical (unpaired) electrons. The van der Waals surface area contributed by atoms with E-state index in [1.807, 2.05) is 6.07 Å². The molecular weight excluding hydrogens is 485 g/mol. The number of nitrogens with two attached hydrogens (primary N) is 1. The van der Waals surface area contributed by atoms with Crippen molar-refractivity contribution in [3.05, 3.63) is 71.0 Å². The van der Waals surface area contributed by atoms with Crippen LogP contribution in [0.5, 0.6) is 0 Å². The van der Waals surface area contributed by atoms with E-state index < -0.39 is 11.8 Å². The van der Waals surface area contributed by atoms with Crippen molar-refractivity contribution < 1.29 is 9.59 Å². The van der Waals surface area contributed by atoms with E-state index in [9.17, 15) is 9.59 Å². The first-order valence-corrected chi connectivity index (χ1v) is 10.0. The van der Waals surface area contributed by atoms with Gasteiger partial charge in [0.15, 0.2) is 0 Å². The molecule has 5 N–H and O–H groups in total. The molecular formula is C19H18IN7O2. The number of anilines is 2. The fraction of sp³-hybridized carbons (Fsp3) is 0.105. The zero-order chi connectivity index (χ0) is 21.0. The Morgan fingerprint density at radius 2 is 1.76 bits per heavy atom. The number of amidine groups is 1. The second-order valence-corrected chi connectivity index (χ2v) is 6.88. The lowest BCUT2D eigenvalue weighted by Crippen LogP contribution is -2.20. The first kappa shape index (κ1) is 20.5. The third-order valence-electron chi connectivity index (χ3n) is 4.09. The molecule has 0 unspecified atom stereocenters. The van der Waals surface area contributed by atoms with Gasteiger partial charge in [0.1, 0.15) is 23.0 Å². The highest BCUT2D eigenvalue weighted by atomic mass is 127. The SMILES string of the molecule is Cn1ncc(C(=O)Nc2ccc(CI)cn2)c1NC(=O)c1ccc(C(=N)N)cc1. The standard InChI is InChI=1S/C19H18IN7O2/c1-27-17(26-18(28)13-5-3-12(4-6-13)16(21)22)14(10-24-27)19(29)25-15-7-2-11(8-20)9-23-15/h2-7,9-10H,8H2,1H3,(H3,21,22)(H,26,28)(H,23,25,29). The number of carbonyl (C=O) groups excluding carboxylic acids is 2. The minimum absolute atomic E-state index is 0.0809. The van der Waals surface area contributed by atoms with Crippen molar-refractivity contribution in [3.63, 3.8) is 0 Å². The van der Waals surface area contributed by atoms with Crippen molar-refractivity contribution in [2.45, 2.75) is 4.43 Å². The van der Waals surface area contributed by atoms with Gasteiger partial charge in [-0.2, -0.15) is 5.10 Å². The van der Waals surface area contributed by atoms with E-state index in [0.717, 1.165) is 9.99 Å². The van der Waals surface area contributed by atoms with Gasteiger partial charge in [-0.3, -0.25) is 19.7 Å². The lowest BCUT2D eigenvalue weighted by Gasteiger charge is -2.09. The minimum atomic E-state index is -0.435. The Labute approximate surface area is 180 Å². The van der Waals surface area contributed by atoms with Crippen LogP contribution in [-0.4, -0.2) is 32.4 Å². The number of hydrogen-bond donors (Lipinski definition) is 4. The monoisotopic (exact) mass is 503 g/mol. The Bertz CT molecular complexity index is 1060. The Kier molecular flexibility index (Phi) is 6.22. The molecule has 9 nitrogen and oxygen atoms in total. The highest BCUT2D eigenvalue weighted by Gasteiger charge is 2.19. The van der Waals surface area contributed by atoms with Crippen molar-refractivity contribution >= 4 is 51.9 Å². The summed E-state index contributed by atoms with van der Waals surface area (Å²) in [6.07, 6.45) is 3.07. The van der Waals surface area contributed by atoms with Crippen molar-refractivity contribution in [2.75, 3.05) is 10.6 Å². The van der Waals surface area contributed by atoms with Crippen LogP contribution >= 0.6 is 22.6 Å². The number of rotatable bonds is 6. The Hall–Kier alpha value is -3.28. The molecule has 29 heavy (non-hydrogen) atoms. The van der Waals surface area contributed by atoms with E-state index in [4.69, 9.17) is 11.1 Å². The van der Waals surface area contributed by atoms with Gasteiger partial charge in [0.2, 0.25) is 0 Å². The Balaban J connectivity index is 1.76. The van der Waals surface area contributed by atoms with Gasteiger partial charge >= 0.3 is 0 Å². The average molecular weight is 503 g/mol. The molecule has 1 aromatic carbocycles. The quantitative estimate of drug-likeness (QED) is 0.177. The molecule has 3 rings (SSSR count). The summed E-state index contributed by atoms with van der Waals surface area (Å²) in [5.41, 5.74) is 7.56. The van der Waals surface area contributed by atoms with Crippen LogP contribution in [0, 0.1) is 5.41 Å². The van der Waals surface area contributed by atoms with Crippen LogP contribution in [0.25, 0.3) is 0 Å². The second-order valence-electron chi connectivity index (χ2n) is 6.12. The van der Waals surface area contributed by atoms with Crippen LogP contribution in [0.15, 0.2) is 48.8 Å². The predicted octanol–water partition coefficient (Wildman–Crippen LogP) is 2.54. The number of benzene rings is 1. The summed E-state index contributed by atoms with van der Waals surface area (Å²) in [7, 11) is 1.62. The van der Waals surface area contributed by atoms with E-state index in [1.54, 1.807) is 43.6 Å². The number of aromatic nitrogens is 3. The number of pyridine rings is 1. The Morgan fingerprint density at radius 1 is 1.07 bits per heavy atom. The van der Waals surface area contributed by atoms with Gasteiger partial charge in [-0.05, 0) is 23.8 Å². The summed E-state index contributed by atoms with van der Waals surface area (Å²) in [4.78, 5) is 29.4. The van der Waals surface area contributed by atoms with E-state index >= 15 is 0 Å². The molecule has 0 saturated heterocycles. The molecule has 148 valence electrons. The van der Waals surface area contributed by atoms with Crippen molar-refractivity contribution in [2.24, 2.45) is 12.8 Å². The van der Waals surface area contributed by atoms with Gasteiger partial charge in [-0.15, -0.1) is 0 Å². The molecule has 2 heterocycles. The fourth-order valence-corrected chi connectivity index (χ4v) is 2.95. The van der Waals surface area contributed by atoms with Crippen LogP contribution in [0.1, 0.15) is 31.8 Å². The molecule has 0 atom stereocenters. The average Bonchev–Trinajstić information content (AvgIpc) is 3.09. The third-order valence-corrected chi connectivity index (χ3v) is 4.97. The van der Waals surface area contributed by atoms with Gasteiger partial charge in [0, 0.05) is 28.8 Å².